The van der Waals surface area contributed by atoms with E-state index in [1.54, 1.807) is 4.52 Å². The van der Waals surface area contributed by atoms with Gasteiger partial charge in [0, 0.05) is 24.2 Å². The molecule has 0 radical (unpaired) electrons. The molecule has 3 aromatic heterocycles. The third-order valence-corrected chi connectivity index (χ3v) is 8.78. The van der Waals surface area contributed by atoms with Crippen LogP contribution >= 0.6 is 0 Å². The fraction of sp³-hybridized carbons (Fsp3) is 0.469. The average molecular weight is 572 g/mol. The van der Waals surface area contributed by atoms with Crippen LogP contribution in [0, 0.1) is 33.6 Å². The van der Waals surface area contributed by atoms with E-state index in [0.29, 0.717) is 31.1 Å². The Kier molecular flexibility index (Phi) is 7.47. The summed E-state index contributed by atoms with van der Waals surface area (Å²) in [6.45, 7) is 8.02. The first kappa shape index (κ1) is 27.9. The molecule has 10 nitrogen and oxygen atoms in total. The van der Waals surface area contributed by atoms with Crippen LogP contribution in [0.2, 0.25) is 0 Å². The summed E-state index contributed by atoms with van der Waals surface area (Å²) in [6.07, 6.45) is 5.95. The van der Waals surface area contributed by atoms with Crippen LogP contribution in [0.25, 0.3) is 5.78 Å². The summed E-state index contributed by atoms with van der Waals surface area (Å²) >= 11 is 0. The second-order valence-electron chi connectivity index (χ2n) is 11.7. The van der Waals surface area contributed by atoms with Crippen LogP contribution in [0.15, 0.2) is 46.2 Å². The number of hydrogen-bond donors (Lipinski definition) is 1. The van der Waals surface area contributed by atoms with Gasteiger partial charge in [-0.2, -0.15) is 4.98 Å². The minimum absolute atomic E-state index is 0.0842. The Morgan fingerprint density at radius 2 is 1.86 bits per heavy atom. The standard InChI is InChI=1S/C32H37N5O5/c1-19-15-20(2)37-31(33-19)34-29(35-37)16-26-28(38)17-32(41-30(26)39,24-7-5-6-8-24)14-13-23-9-11-25(12-10-23)40-18-27-21(3)36-42-22(27)4/h9-12,15,24,38H,5-8,13-14,16-18H2,1-4H3. The first-order chi connectivity index (χ1) is 20.2. The molecule has 1 aliphatic heterocycles. The molecule has 1 saturated carbocycles. The lowest BCUT2D eigenvalue weighted by Gasteiger charge is -2.41. The maximum atomic E-state index is 13.4. The van der Waals surface area contributed by atoms with Crippen LogP contribution in [0.4, 0.5) is 0 Å². The molecule has 1 N–H and O–H groups in total. The number of nitrogens with zero attached hydrogens (tertiary/aromatic N) is 5. The number of rotatable bonds is 9. The molecule has 10 heteroatoms. The van der Waals surface area contributed by atoms with Gasteiger partial charge in [-0.1, -0.05) is 30.1 Å². The van der Waals surface area contributed by atoms with Crippen molar-refractivity contribution in [2.45, 2.75) is 91.3 Å². The van der Waals surface area contributed by atoms with E-state index in [1.807, 2.05) is 58.0 Å². The van der Waals surface area contributed by atoms with Gasteiger partial charge in [-0.3, -0.25) is 0 Å². The van der Waals surface area contributed by atoms with Crippen molar-refractivity contribution in [2.75, 3.05) is 0 Å². The molecule has 0 saturated heterocycles. The van der Waals surface area contributed by atoms with Crippen molar-refractivity contribution in [3.63, 3.8) is 0 Å². The van der Waals surface area contributed by atoms with E-state index < -0.39 is 11.6 Å². The second kappa shape index (κ2) is 11.2. The number of aromatic nitrogens is 5. The number of benzene rings is 1. The van der Waals surface area contributed by atoms with E-state index in [4.69, 9.17) is 14.0 Å². The summed E-state index contributed by atoms with van der Waals surface area (Å²) in [5, 5.41) is 19.8. The predicted molar refractivity (Wildman–Crippen MR) is 154 cm³/mol. The van der Waals surface area contributed by atoms with E-state index in [0.717, 1.165) is 71.8 Å². The van der Waals surface area contributed by atoms with Gasteiger partial charge in [0.2, 0.25) is 0 Å². The number of ether oxygens (including phenoxy) is 2. The predicted octanol–water partition coefficient (Wildman–Crippen LogP) is 5.79. The first-order valence-electron chi connectivity index (χ1n) is 14.7. The number of carbonyl (C=O) groups excluding carboxylic acids is 1. The third kappa shape index (κ3) is 5.49. The smallest absolute Gasteiger partial charge is 0.338 e. The third-order valence-electron chi connectivity index (χ3n) is 8.78. The molecule has 4 aromatic rings. The number of aliphatic hydroxyl groups excluding tert-OH is 1. The SMILES string of the molecule is Cc1cc(C)n2nc(CC3=C(O)CC(CCc4ccc(OCc5c(C)noc5C)cc4)(C4CCCC4)OC3=O)nc2n1. The van der Waals surface area contributed by atoms with Gasteiger partial charge >= 0.3 is 5.97 Å². The quantitative estimate of drug-likeness (QED) is 0.249. The topological polar surface area (TPSA) is 125 Å². The van der Waals surface area contributed by atoms with Crippen molar-refractivity contribution >= 4 is 11.7 Å². The van der Waals surface area contributed by atoms with Crippen LogP contribution in [-0.2, 0) is 29.0 Å². The van der Waals surface area contributed by atoms with Crippen LogP contribution in [0.5, 0.6) is 5.75 Å². The molecule has 0 bridgehead atoms. The number of carbonyl (C=O) groups is 1. The Labute approximate surface area is 244 Å². The molecule has 1 fully saturated rings. The molecule has 1 aromatic carbocycles. The van der Waals surface area contributed by atoms with E-state index in [9.17, 15) is 9.90 Å². The molecular formula is C32H37N5O5. The molecule has 4 heterocycles. The van der Waals surface area contributed by atoms with Gasteiger partial charge in [0.05, 0.1) is 16.8 Å². The second-order valence-corrected chi connectivity index (χ2v) is 11.7. The molecule has 42 heavy (non-hydrogen) atoms. The van der Waals surface area contributed by atoms with E-state index >= 15 is 0 Å². The van der Waals surface area contributed by atoms with Gasteiger partial charge in [-0.25, -0.2) is 14.3 Å². The fourth-order valence-corrected chi connectivity index (χ4v) is 6.40. The van der Waals surface area contributed by atoms with Crippen molar-refractivity contribution < 1.29 is 23.9 Å². The summed E-state index contributed by atoms with van der Waals surface area (Å²) in [5.41, 5.74) is 4.16. The van der Waals surface area contributed by atoms with Crippen LogP contribution in [-0.4, -0.2) is 41.4 Å². The number of aliphatic hydroxyl groups is 1. The molecular weight excluding hydrogens is 534 g/mol. The van der Waals surface area contributed by atoms with Crippen molar-refractivity contribution in [3.05, 3.63) is 81.5 Å². The average Bonchev–Trinajstić information content (AvgIpc) is 3.71. The number of fused-ring (bicyclic) bond motifs is 1. The number of aryl methyl sites for hydroxylation is 5. The highest BCUT2D eigenvalue weighted by molar-refractivity contribution is 5.90. The van der Waals surface area contributed by atoms with E-state index in [2.05, 4.69) is 20.2 Å². The highest BCUT2D eigenvalue weighted by atomic mass is 16.6. The van der Waals surface area contributed by atoms with Gasteiger partial charge in [0.25, 0.3) is 5.78 Å². The minimum atomic E-state index is -0.735. The summed E-state index contributed by atoms with van der Waals surface area (Å²) in [6, 6.07) is 9.93. The lowest BCUT2D eigenvalue weighted by molar-refractivity contribution is -0.167. The molecule has 0 amide bonds. The number of hydrogen-bond acceptors (Lipinski definition) is 9. The zero-order valence-corrected chi connectivity index (χ0v) is 24.6. The zero-order chi connectivity index (χ0) is 29.4. The minimum Gasteiger partial charge on any atom is -0.512 e. The van der Waals surface area contributed by atoms with Crippen LogP contribution < -0.4 is 4.74 Å². The van der Waals surface area contributed by atoms with E-state index in [1.165, 1.54) is 0 Å². The maximum absolute atomic E-state index is 13.4. The molecule has 6 rings (SSSR count). The van der Waals surface area contributed by atoms with Crippen molar-refractivity contribution in [1.29, 1.82) is 0 Å². The molecule has 1 unspecified atom stereocenters. The van der Waals surface area contributed by atoms with Gasteiger partial charge in [-0.05, 0) is 83.1 Å². The normalized spacial score (nSPS) is 19.6. The molecule has 220 valence electrons. The Bertz CT molecular complexity index is 1630. The first-order valence-corrected chi connectivity index (χ1v) is 14.7. The van der Waals surface area contributed by atoms with Crippen LogP contribution in [0.3, 0.4) is 0 Å². The molecule has 1 aliphatic carbocycles. The molecule has 2 aliphatic rings. The Balaban J connectivity index is 1.16. The van der Waals surface area contributed by atoms with Gasteiger partial charge < -0.3 is 19.1 Å². The summed E-state index contributed by atoms with van der Waals surface area (Å²) in [5.74, 6) is 2.26. The Morgan fingerprint density at radius 1 is 1.10 bits per heavy atom. The van der Waals surface area contributed by atoms with Gasteiger partial charge in [-0.15, -0.1) is 5.10 Å². The van der Waals surface area contributed by atoms with E-state index in [-0.39, 0.29) is 23.7 Å². The highest BCUT2D eigenvalue weighted by Gasteiger charge is 2.48. The number of esters is 1. The van der Waals surface area contributed by atoms with Gasteiger partial charge in [0.1, 0.15) is 29.5 Å². The summed E-state index contributed by atoms with van der Waals surface area (Å²) < 4.78 is 19.1. The maximum Gasteiger partial charge on any atom is 0.338 e. The Hall–Kier alpha value is -4.21. The van der Waals surface area contributed by atoms with Gasteiger partial charge in [0.15, 0.2) is 5.82 Å². The largest absolute Gasteiger partial charge is 0.512 e. The lowest BCUT2D eigenvalue weighted by Crippen LogP contribution is -2.46. The Morgan fingerprint density at radius 3 is 2.55 bits per heavy atom. The molecule has 0 spiro atoms. The fourth-order valence-electron chi connectivity index (χ4n) is 6.40. The monoisotopic (exact) mass is 571 g/mol. The lowest BCUT2D eigenvalue weighted by atomic mass is 9.76. The summed E-state index contributed by atoms with van der Waals surface area (Å²) in [4.78, 5) is 22.4. The zero-order valence-electron chi connectivity index (χ0n) is 24.6. The van der Waals surface area contributed by atoms with Crippen molar-refractivity contribution in [3.8, 4) is 5.75 Å². The van der Waals surface area contributed by atoms with Crippen molar-refractivity contribution in [1.82, 2.24) is 24.7 Å². The highest BCUT2D eigenvalue weighted by Crippen LogP contribution is 2.46. The number of cyclic esters (lactones) is 1. The van der Waals surface area contributed by atoms with Crippen LogP contribution in [0.1, 0.15) is 78.3 Å². The van der Waals surface area contributed by atoms with Crippen molar-refractivity contribution in [2.24, 2.45) is 5.92 Å². The molecule has 1 atom stereocenters. The summed E-state index contributed by atoms with van der Waals surface area (Å²) in [7, 11) is 0.